The van der Waals surface area contributed by atoms with Crippen LogP contribution in [0.5, 0.6) is 0 Å². The van der Waals surface area contributed by atoms with Gasteiger partial charge in [-0.3, -0.25) is 0 Å². The third kappa shape index (κ3) is 3.29. The number of likely N-dealkylation sites (N-methyl/N-ethyl adjacent to an activating group) is 1. The molecule has 1 aromatic carbocycles. The van der Waals surface area contributed by atoms with Gasteiger partial charge in [0.15, 0.2) is 0 Å². The van der Waals surface area contributed by atoms with E-state index in [2.05, 4.69) is 18.3 Å². The van der Waals surface area contributed by atoms with Gasteiger partial charge in [0, 0.05) is 12.1 Å². The SMILES string of the molecule is CCNC(COC)c1cccc(Cl)c1. The van der Waals surface area contributed by atoms with Crippen LogP contribution < -0.4 is 5.32 Å². The van der Waals surface area contributed by atoms with Crippen LogP contribution >= 0.6 is 11.6 Å². The Morgan fingerprint density at radius 2 is 2.29 bits per heavy atom. The molecule has 0 aliphatic rings. The zero-order valence-electron chi connectivity index (χ0n) is 8.59. The van der Waals surface area contributed by atoms with Crippen LogP contribution in [0.15, 0.2) is 24.3 Å². The highest BCUT2D eigenvalue weighted by atomic mass is 35.5. The molecule has 14 heavy (non-hydrogen) atoms. The minimum Gasteiger partial charge on any atom is -0.383 e. The normalized spacial score (nSPS) is 12.8. The lowest BCUT2D eigenvalue weighted by Crippen LogP contribution is -2.24. The predicted octanol–water partition coefficient (Wildman–Crippen LogP) is 2.64. The molecule has 1 unspecified atom stereocenters. The van der Waals surface area contributed by atoms with Gasteiger partial charge >= 0.3 is 0 Å². The molecule has 0 aromatic heterocycles. The van der Waals surface area contributed by atoms with Gasteiger partial charge in [-0.2, -0.15) is 0 Å². The second-order valence-electron chi connectivity index (χ2n) is 3.12. The summed E-state index contributed by atoms with van der Waals surface area (Å²) in [5, 5.41) is 4.11. The van der Waals surface area contributed by atoms with E-state index < -0.39 is 0 Å². The molecule has 0 spiro atoms. The largest absolute Gasteiger partial charge is 0.383 e. The van der Waals surface area contributed by atoms with Crippen LogP contribution in [0.25, 0.3) is 0 Å². The Morgan fingerprint density at radius 3 is 2.86 bits per heavy atom. The molecule has 0 heterocycles. The monoisotopic (exact) mass is 213 g/mol. The molecule has 1 rings (SSSR count). The molecule has 0 bridgehead atoms. The van der Waals surface area contributed by atoms with E-state index in [9.17, 15) is 0 Å². The Hall–Kier alpha value is -0.570. The lowest BCUT2D eigenvalue weighted by Gasteiger charge is -2.17. The summed E-state index contributed by atoms with van der Waals surface area (Å²) in [7, 11) is 1.70. The summed E-state index contributed by atoms with van der Waals surface area (Å²) < 4.78 is 5.15. The van der Waals surface area contributed by atoms with Crippen LogP contribution in [0, 0.1) is 0 Å². The maximum Gasteiger partial charge on any atom is 0.0657 e. The molecule has 1 N–H and O–H groups in total. The van der Waals surface area contributed by atoms with Gasteiger partial charge in [-0.05, 0) is 24.2 Å². The Bertz CT molecular complexity index is 272. The smallest absolute Gasteiger partial charge is 0.0657 e. The Labute approximate surface area is 90.2 Å². The van der Waals surface area contributed by atoms with Crippen molar-refractivity contribution in [3.8, 4) is 0 Å². The van der Waals surface area contributed by atoms with E-state index in [1.54, 1.807) is 7.11 Å². The number of benzene rings is 1. The second-order valence-corrected chi connectivity index (χ2v) is 3.56. The fourth-order valence-electron chi connectivity index (χ4n) is 1.41. The summed E-state index contributed by atoms with van der Waals surface area (Å²) in [5.41, 5.74) is 1.17. The van der Waals surface area contributed by atoms with Crippen molar-refractivity contribution in [3.63, 3.8) is 0 Å². The van der Waals surface area contributed by atoms with Crippen LogP contribution in [0.4, 0.5) is 0 Å². The molecule has 0 aliphatic heterocycles. The maximum absolute atomic E-state index is 5.92. The third-order valence-electron chi connectivity index (χ3n) is 2.03. The number of rotatable bonds is 5. The number of halogens is 1. The quantitative estimate of drug-likeness (QED) is 0.812. The average molecular weight is 214 g/mol. The minimum absolute atomic E-state index is 0.226. The molecule has 2 nitrogen and oxygen atoms in total. The molecule has 0 amide bonds. The van der Waals surface area contributed by atoms with Crippen molar-refractivity contribution in [2.24, 2.45) is 0 Å². The van der Waals surface area contributed by atoms with Crippen molar-refractivity contribution >= 4 is 11.6 Å². The van der Waals surface area contributed by atoms with Crippen molar-refractivity contribution in [1.29, 1.82) is 0 Å². The van der Waals surface area contributed by atoms with Gasteiger partial charge in [0.05, 0.1) is 12.6 Å². The first-order valence-electron chi connectivity index (χ1n) is 4.75. The van der Waals surface area contributed by atoms with Crippen molar-refractivity contribution < 1.29 is 4.74 Å². The molecular formula is C11H16ClNO. The topological polar surface area (TPSA) is 21.3 Å². The summed E-state index contributed by atoms with van der Waals surface area (Å²) in [6.45, 7) is 3.65. The van der Waals surface area contributed by atoms with E-state index >= 15 is 0 Å². The second kappa shape index (κ2) is 6.02. The predicted molar refractivity (Wildman–Crippen MR) is 59.7 cm³/mol. The van der Waals surface area contributed by atoms with Crippen LogP contribution in [0.1, 0.15) is 18.5 Å². The maximum atomic E-state index is 5.92. The van der Waals surface area contributed by atoms with E-state index in [-0.39, 0.29) is 6.04 Å². The van der Waals surface area contributed by atoms with Crippen molar-refractivity contribution in [2.45, 2.75) is 13.0 Å². The Morgan fingerprint density at radius 1 is 1.50 bits per heavy atom. The molecule has 0 saturated carbocycles. The molecule has 1 aromatic rings. The van der Waals surface area contributed by atoms with Gasteiger partial charge in [-0.25, -0.2) is 0 Å². The third-order valence-corrected chi connectivity index (χ3v) is 2.27. The van der Waals surface area contributed by atoms with Gasteiger partial charge in [-0.1, -0.05) is 30.7 Å². The van der Waals surface area contributed by atoms with E-state index in [4.69, 9.17) is 16.3 Å². The number of hydrogen-bond donors (Lipinski definition) is 1. The highest BCUT2D eigenvalue weighted by molar-refractivity contribution is 6.30. The van der Waals surface area contributed by atoms with E-state index in [0.717, 1.165) is 11.6 Å². The molecular weight excluding hydrogens is 198 g/mol. The van der Waals surface area contributed by atoms with Gasteiger partial charge < -0.3 is 10.1 Å². The molecule has 0 radical (unpaired) electrons. The van der Waals surface area contributed by atoms with Gasteiger partial charge in [0.1, 0.15) is 0 Å². The van der Waals surface area contributed by atoms with Crippen LogP contribution in [-0.4, -0.2) is 20.3 Å². The fraction of sp³-hybridized carbons (Fsp3) is 0.455. The first-order chi connectivity index (χ1) is 6.77. The number of hydrogen-bond acceptors (Lipinski definition) is 2. The highest BCUT2D eigenvalue weighted by Crippen LogP contribution is 2.17. The van der Waals surface area contributed by atoms with E-state index in [1.807, 2.05) is 18.2 Å². The minimum atomic E-state index is 0.226. The van der Waals surface area contributed by atoms with E-state index in [1.165, 1.54) is 5.56 Å². The van der Waals surface area contributed by atoms with Gasteiger partial charge in [0.2, 0.25) is 0 Å². The number of methoxy groups -OCH3 is 1. The zero-order valence-corrected chi connectivity index (χ0v) is 9.34. The molecule has 78 valence electrons. The standard InChI is InChI=1S/C11H16ClNO/c1-3-13-11(8-14-2)9-5-4-6-10(12)7-9/h4-7,11,13H,3,8H2,1-2H3. The molecule has 0 saturated heterocycles. The molecule has 1 atom stereocenters. The number of nitrogens with one attached hydrogen (secondary N) is 1. The molecule has 3 heteroatoms. The Kier molecular flexibility index (Phi) is 4.94. The highest BCUT2D eigenvalue weighted by Gasteiger charge is 2.09. The zero-order chi connectivity index (χ0) is 10.4. The van der Waals surface area contributed by atoms with Crippen LogP contribution in [0.2, 0.25) is 5.02 Å². The van der Waals surface area contributed by atoms with Crippen LogP contribution in [0.3, 0.4) is 0 Å². The Balaban J connectivity index is 2.75. The van der Waals surface area contributed by atoms with Crippen LogP contribution in [-0.2, 0) is 4.74 Å². The van der Waals surface area contributed by atoms with Crippen molar-refractivity contribution in [2.75, 3.05) is 20.3 Å². The van der Waals surface area contributed by atoms with Gasteiger partial charge in [-0.15, -0.1) is 0 Å². The summed E-state index contributed by atoms with van der Waals surface area (Å²) >= 11 is 5.92. The summed E-state index contributed by atoms with van der Waals surface area (Å²) in [6.07, 6.45) is 0. The lowest BCUT2D eigenvalue weighted by atomic mass is 10.1. The fourth-order valence-corrected chi connectivity index (χ4v) is 1.61. The van der Waals surface area contributed by atoms with Crippen molar-refractivity contribution in [1.82, 2.24) is 5.32 Å². The first kappa shape index (κ1) is 11.5. The summed E-state index contributed by atoms with van der Waals surface area (Å²) in [6, 6.07) is 8.08. The lowest BCUT2D eigenvalue weighted by molar-refractivity contribution is 0.168. The summed E-state index contributed by atoms with van der Waals surface area (Å²) in [4.78, 5) is 0. The average Bonchev–Trinajstić information content (AvgIpc) is 2.17. The van der Waals surface area contributed by atoms with Crippen molar-refractivity contribution in [3.05, 3.63) is 34.9 Å². The van der Waals surface area contributed by atoms with E-state index in [0.29, 0.717) is 6.61 Å². The number of ether oxygens (including phenoxy) is 1. The molecule has 0 aliphatic carbocycles. The van der Waals surface area contributed by atoms with Gasteiger partial charge in [0.25, 0.3) is 0 Å². The first-order valence-corrected chi connectivity index (χ1v) is 5.13. The molecule has 0 fully saturated rings. The summed E-state index contributed by atoms with van der Waals surface area (Å²) in [5.74, 6) is 0.